The summed E-state index contributed by atoms with van der Waals surface area (Å²) in [4.78, 5) is 61.0. The van der Waals surface area contributed by atoms with Crippen LogP contribution in [0.3, 0.4) is 0 Å². The van der Waals surface area contributed by atoms with Gasteiger partial charge in [0.1, 0.15) is 0 Å². The van der Waals surface area contributed by atoms with E-state index in [1.807, 2.05) is 0 Å². The molecule has 8 N–H and O–H groups in total. The van der Waals surface area contributed by atoms with Crippen LogP contribution in [0, 0.1) is 0 Å². The first-order valence-electron chi connectivity index (χ1n) is 6.34. The Bertz CT molecular complexity index is 521. The summed E-state index contributed by atoms with van der Waals surface area (Å²) in [6.07, 6.45) is -4.58. The normalized spacial score (nSPS) is 9.72. The van der Waals surface area contributed by atoms with Gasteiger partial charge in [0.25, 0.3) is 0 Å². The van der Waals surface area contributed by atoms with Crippen molar-refractivity contribution in [2.24, 2.45) is 0 Å². The summed E-state index contributed by atoms with van der Waals surface area (Å²) < 4.78 is 0. The Morgan fingerprint density at radius 3 is 0.655 bits per heavy atom. The van der Waals surface area contributed by atoms with Gasteiger partial charge in [0.2, 0.25) is 0 Å². The van der Waals surface area contributed by atoms with Crippen molar-refractivity contribution in [3.05, 3.63) is 0 Å². The van der Waals surface area contributed by atoms with E-state index in [0.717, 1.165) is 0 Å². The summed E-state index contributed by atoms with van der Waals surface area (Å²) in [6, 6.07) is 0. The van der Waals surface area contributed by atoms with E-state index in [0.29, 0.717) is 0 Å². The minimum Gasteiger partial charge on any atom is -0.481 e. The molecular formula is C12H16O14Zn3. The largest absolute Gasteiger partial charge is 0.481 e. The Morgan fingerprint density at radius 2 is 0.586 bits per heavy atom. The molecule has 0 atom stereocenters. The molecule has 0 radical (unpaired) electrons. The summed E-state index contributed by atoms with van der Waals surface area (Å²) in [6.45, 7) is 0. The van der Waals surface area contributed by atoms with E-state index in [2.05, 4.69) is 0 Å². The molecule has 0 saturated heterocycles. The van der Waals surface area contributed by atoms with Crippen molar-refractivity contribution in [1.29, 1.82) is 0 Å². The molecule has 0 aliphatic heterocycles. The molecule has 0 unspecified atom stereocenters. The molecule has 0 fully saturated rings. The Kier molecular flexibility index (Phi) is 21.6. The number of carboxylic acids is 6. The van der Waals surface area contributed by atoms with Crippen molar-refractivity contribution in [2.45, 2.75) is 36.9 Å². The Balaban J connectivity index is -0.000000120. The Morgan fingerprint density at radius 1 is 0.448 bits per heavy atom. The minimum atomic E-state index is -2.74. The van der Waals surface area contributed by atoms with E-state index in [9.17, 15) is 28.8 Å². The number of aliphatic carboxylic acids is 6. The molecule has 154 valence electrons. The SMILES string of the molecule is O=C(O)CC(O)(CC(=O)O)C(=O)O.O=C(O)CC(O)(CC(=O)O)C(=O)O.[Zn].[Zn].[Zn]. The van der Waals surface area contributed by atoms with Crippen LogP contribution in [0.4, 0.5) is 0 Å². The predicted molar refractivity (Wildman–Crippen MR) is 74.2 cm³/mol. The molecule has 0 aliphatic carbocycles. The maximum absolute atomic E-state index is 10.3. The topological polar surface area (TPSA) is 264 Å². The summed E-state index contributed by atoms with van der Waals surface area (Å²) in [5.41, 5.74) is -5.48. The van der Waals surface area contributed by atoms with Crippen LogP contribution >= 0.6 is 0 Å². The first kappa shape index (κ1) is 38.2. The van der Waals surface area contributed by atoms with Crippen LogP contribution in [-0.4, -0.2) is 87.9 Å². The first-order chi connectivity index (χ1) is 11.6. The number of hydrogen-bond donors (Lipinski definition) is 8. The van der Waals surface area contributed by atoms with Crippen molar-refractivity contribution >= 4 is 35.8 Å². The Labute approximate surface area is 200 Å². The summed E-state index contributed by atoms with van der Waals surface area (Å²) in [5, 5.41) is 67.6. The van der Waals surface area contributed by atoms with Crippen LogP contribution in [-0.2, 0) is 87.2 Å². The van der Waals surface area contributed by atoms with Gasteiger partial charge in [-0.15, -0.1) is 0 Å². The van der Waals surface area contributed by atoms with E-state index >= 15 is 0 Å². The van der Waals surface area contributed by atoms with Gasteiger partial charge in [-0.25, -0.2) is 9.59 Å². The van der Waals surface area contributed by atoms with Gasteiger partial charge < -0.3 is 40.9 Å². The second-order valence-corrected chi connectivity index (χ2v) is 4.96. The zero-order valence-corrected chi connectivity index (χ0v) is 23.9. The molecule has 0 heterocycles. The van der Waals surface area contributed by atoms with Crippen LogP contribution in [0.1, 0.15) is 25.7 Å². The molecule has 0 rings (SSSR count). The molecular weight excluding hydrogens is 564 g/mol. The van der Waals surface area contributed by atoms with Gasteiger partial charge in [-0.05, 0) is 0 Å². The monoisotopic (exact) mass is 576 g/mol. The molecule has 0 aromatic rings. The molecule has 0 aromatic carbocycles. The van der Waals surface area contributed by atoms with Gasteiger partial charge >= 0.3 is 35.8 Å². The van der Waals surface area contributed by atoms with E-state index in [1.54, 1.807) is 0 Å². The fourth-order valence-corrected chi connectivity index (χ4v) is 1.43. The molecule has 0 amide bonds. The standard InChI is InChI=1S/2C6H8O7.3Zn/c2*7-3(8)1-6(13,5(11)12)2-4(9)10;;;/h2*13H,1-2H2,(H,7,8)(H,9,10)(H,11,12);;;. The number of carboxylic acid groups (broad SMARTS) is 6. The van der Waals surface area contributed by atoms with Gasteiger partial charge in [0.05, 0.1) is 25.7 Å². The fraction of sp³-hybridized carbons (Fsp3) is 0.500. The maximum Gasteiger partial charge on any atom is 0.336 e. The third kappa shape index (κ3) is 17.2. The quantitative estimate of drug-likeness (QED) is 0.124. The molecule has 0 bridgehead atoms. The van der Waals surface area contributed by atoms with Crippen molar-refractivity contribution in [2.75, 3.05) is 0 Å². The van der Waals surface area contributed by atoms with Gasteiger partial charge in [-0.1, -0.05) is 0 Å². The average molecular weight is 580 g/mol. The zero-order chi connectivity index (χ0) is 21.3. The van der Waals surface area contributed by atoms with Gasteiger partial charge in [-0.3, -0.25) is 19.2 Å². The number of hydrogen-bond acceptors (Lipinski definition) is 8. The summed E-state index contributed by atoms with van der Waals surface area (Å²) in [5.74, 6) is -10.0. The molecule has 0 saturated carbocycles. The summed E-state index contributed by atoms with van der Waals surface area (Å²) >= 11 is 0. The van der Waals surface area contributed by atoms with E-state index in [1.165, 1.54) is 0 Å². The van der Waals surface area contributed by atoms with E-state index in [4.69, 9.17) is 40.9 Å². The zero-order valence-electron chi connectivity index (χ0n) is 15.0. The molecule has 0 aromatic heterocycles. The predicted octanol–water partition coefficient (Wildman–Crippen LogP) is -2.50. The number of rotatable bonds is 10. The Hall–Kier alpha value is -1.39. The van der Waals surface area contributed by atoms with Crippen LogP contribution in [0.2, 0.25) is 0 Å². The van der Waals surface area contributed by atoms with Crippen molar-refractivity contribution in [3.63, 3.8) is 0 Å². The van der Waals surface area contributed by atoms with Crippen LogP contribution < -0.4 is 0 Å². The van der Waals surface area contributed by atoms with E-state index < -0.39 is 72.7 Å². The van der Waals surface area contributed by atoms with Crippen molar-refractivity contribution < 1.29 is 128 Å². The van der Waals surface area contributed by atoms with Crippen LogP contribution in [0.5, 0.6) is 0 Å². The summed E-state index contributed by atoms with van der Waals surface area (Å²) in [7, 11) is 0. The van der Waals surface area contributed by atoms with Crippen LogP contribution in [0.25, 0.3) is 0 Å². The molecule has 29 heavy (non-hydrogen) atoms. The van der Waals surface area contributed by atoms with Gasteiger partial charge in [0, 0.05) is 58.4 Å². The molecule has 17 heteroatoms. The van der Waals surface area contributed by atoms with Crippen molar-refractivity contribution in [1.82, 2.24) is 0 Å². The smallest absolute Gasteiger partial charge is 0.336 e. The third-order valence-electron chi connectivity index (χ3n) is 2.57. The fourth-order valence-electron chi connectivity index (χ4n) is 1.43. The van der Waals surface area contributed by atoms with Gasteiger partial charge in [0.15, 0.2) is 11.2 Å². The molecule has 0 aliphatic rings. The third-order valence-corrected chi connectivity index (χ3v) is 2.57. The minimum absolute atomic E-state index is 0. The number of aliphatic hydroxyl groups is 2. The van der Waals surface area contributed by atoms with Crippen LogP contribution in [0.15, 0.2) is 0 Å². The van der Waals surface area contributed by atoms with Gasteiger partial charge in [-0.2, -0.15) is 0 Å². The second kappa shape index (κ2) is 16.4. The second-order valence-electron chi connectivity index (χ2n) is 4.96. The van der Waals surface area contributed by atoms with E-state index in [-0.39, 0.29) is 58.4 Å². The maximum atomic E-state index is 10.3. The number of carbonyl (C=O) groups is 6. The average Bonchev–Trinajstić information content (AvgIpc) is 2.34. The molecule has 0 spiro atoms. The first-order valence-corrected chi connectivity index (χ1v) is 6.34. The molecule has 14 nitrogen and oxygen atoms in total. The van der Waals surface area contributed by atoms with Crippen molar-refractivity contribution in [3.8, 4) is 0 Å².